The molecule has 0 fully saturated rings. The van der Waals surface area contributed by atoms with Gasteiger partial charge in [-0.05, 0) is 25.3 Å². The molecule has 0 unspecified atom stereocenters. The third kappa shape index (κ3) is 2.06. The SMILES string of the molecule is CC(C)Oc1[c]scc1. The average molecular weight is 141 g/mol. The standard InChI is InChI=1S/C7H9OS/c1-6(2)8-7-3-4-9-5-7/h3-4,6H,1-2H3. The monoisotopic (exact) mass is 141 g/mol. The van der Waals surface area contributed by atoms with Crippen molar-refractivity contribution in [3.8, 4) is 5.75 Å². The van der Waals surface area contributed by atoms with Gasteiger partial charge in [0.05, 0.1) is 11.5 Å². The third-order valence-electron chi connectivity index (χ3n) is 0.810. The first-order chi connectivity index (χ1) is 4.29. The molecule has 0 spiro atoms. The summed E-state index contributed by atoms with van der Waals surface area (Å²) < 4.78 is 5.31. The summed E-state index contributed by atoms with van der Waals surface area (Å²) in [7, 11) is 0. The Balaban J connectivity index is 2.48. The van der Waals surface area contributed by atoms with Gasteiger partial charge in [-0.15, -0.1) is 11.3 Å². The zero-order valence-corrected chi connectivity index (χ0v) is 6.37. The van der Waals surface area contributed by atoms with E-state index in [-0.39, 0.29) is 6.10 Å². The van der Waals surface area contributed by atoms with E-state index in [9.17, 15) is 0 Å². The number of hydrogen-bond acceptors (Lipinski definition) is 2. The minimum absolute atomic E-state index is 0.260. The molecule has 1 nitrogen and oxygen atoms in total. The topological polar surface area (TPSA) is 9.23 Å². The largest absolute Gasteiger partial charge is 0.489 e. The Hall–Kier alpha value is -0.500. The maximum absolute atomic E-state index is 5.31. The Morgan fingerprint density at radius 3 is 2.89 bits per heavy atom. The summed E-state index contributed by atoms with van der Waals surface area (Å²) >= 11 is 1.53. The number of ether oxygens (including phenoxy) is 1. The van der Waals surface area contributed by atoms with Gasteiger partial charge in [0.2, 0.25) is 0 Å². The number of hydrogen-bond donors (Lipinski definition) is 0. The normalized spacial score (nSPS) is 10.1. The van der Waals surface area contributed by atoms with E-state index in [0.717, 1.165) is 5.75 Å². The molecule has 9 heavy (non-hydrogen) atoms. The molecule has 49 valence electrons. The van der Waals surface area contributed by atoms with Crippen LogP contribution in [0.1, 0.15) is 13.8 Å². The summed E-state index contributed by atoms with van der Waals surface area (Å²) in [4.78, 5) is 0. The van der Waals surface area contributed by atoms with Gasteiger partial charge in [0, 0.05) is 0 Å². The minimum atomic E-state index is 0.260. The van der Waals surface area contributed by atoms with Crippen LogP contribution in [0.2, 0.25) is 0 Å². The fraction of sp³-hybridized carbons (Fsp3) is 0.429. The van der Waals surface area contributed by atoms with Crippen LogP contribution in [0.15, 0.2) is 11.4 Å². The Morgan fingerprint density at radius 2 is 2.44 bits per heavy atom. The maximum Gasteiger partial charge on any atom is 0.139 e. The zero-order valence-electron chi connectivity index (χ0n) is 5.55. The molecule has 0 saturated heterocycles. The molecule has 1 heterocycles. The van der Waals surface area contributed by atoms with Crippen LogP contribution in [0.5, 0.6) is 5.75 Å². The van der Waals surface area contributed by atoms with E-state index in [1.807, 2.05) is 25.3 Å². The predicted molar refractivity (Wildman–Crippen MR) is 38.9 cm³/mol. The van der Waals surface area contributed by atoms with Crippen molar-refractivity contribution in [2.24, 2.45) is 0 Å². The second-order valence-electron chi connectivity index (χ2n) is 2.05. The van der Waals surface area contributed by atoms with Crippen LogP contribution >= 0.6 is 11.3 Å². The Bertz CT molecular complexity index is 155. The maximum atomic E-state index is 5.31. The summed E-state index contributed by atoms with van der Waals surface area (Å²) in [5.41, 5.74) is 0. The van der Waals surface area contributed by atoms with E-state index < -0.39 is 0 Å². The van der Waals surface area contributed by atoms with Crippen molar-refractivity contribution in [3.63, 3.8) is 0 Å². The van der Waals surface area contributed by atoms with Crippen molar-refractivity contribution in [1.29, 1.82) is 0 Å². The van der Waals surface area contributed by atoms with Crippen molar-refractivity contribution in [2.45, 2.75) is 20.0 Å². The van der Waals surface area contributed by atoms with Crippen LogP contribution < -0.4 is 4.74 Å². The van der Waals surface area contributed by atoms with E-state index in [0.29, 0.717) is 0 Å². The molecule has 0 atom stereocenters. The molecule has 0 aromatic carbocycles. The molecule has 0 aliphatic heterocycles. The highest BCUT2D eigenvalue weighted by Gasteiger charge is 1.95. The van der Waals surface area contributed by atoms with E-state index in [1.165, 1.54) is 11.3 Å². The lowest BCUT2D eigenvalue weighted by Gasteiger charge is -2.04. The van der Waals surface area contributed by atoms with Crippen LogP contribution in [0.4, 0.5) is 0 Å². The predicted octanol–water partition coefficient (Wildman–Crippen LogP) is 2.34. The number of thiophene rings is 1. The molecule has 0 aliphatic carbocycles. The second kappa shape index (κ2) is 2.87. The summed E-state index contributed by atoms with van der Waals surface area (Å²) in [6, 6.07) is 1.92. The Labute approximate surface area is 59.3 Å². The average Bonchev–Trinajstić information content (AvgIpc) is 2.15. The highest BCUT2D eigenvalue weighted by Crippen LogP contribution is 2.14. The molecule has 1 radical (unpaired) electrons. The van der Waals surface area contributed by atoms with Crippen LogP contribution in [-0.2, 0) is 0 Å². The lowest BCUT2D eigenvalue weighted by Crippen LogP contribution is -2.04. The van der Waals surface area contributed by atoms with E-state index >= 15 is 0 Å². The molecule has 2 heteroatoms. The van der Waals surface area contributed by atoms with Gasteiger partial charge in [-0.3, -0.25) is 0 Å². The van der Waals surface area contributed by atoms with Crippen LogP contribution in [0.25, 0.3) is 0 Å². The molecular formula is C7H9OS. The first-order valence-corrected chi connectivity index (χ1v) is 3.79. The van der Waals surface area contributed by atoms with Gasteiger partial charge in [-0.25, -0.2) is 0 Å². The Morgan fingerprint density at radius 1 is 1.67 bits per heavy atom. The number of rotatable bonds is 2. The van der Waals surface area contributed by atoms with Crippen molar-refractivity contribution >= 4 is 11.3 Å². The van der Waals surface area contributed by atoms with Crippen molar-refractivity contribution in [1.82, 2.24) is 0 Å². The molecule has 1 aromatic rings. The minimum Gasteiger partial charge on any atom is -0.489 e. The summed E-state index contributed by atoms with van der Waals surface area (Å²) in [6.45, 7) is 4.01. The molecule has 1 aromatic heterocycles. The van der Waals surface area contributed by atoms with Crippen LogP contribution in [-0.4, -0.2) is 6.10 Å². The Kier molecular flexibility index (Phi) is 2.11. The van der Waals surface area contributed by atoms with E-state index in [4.69, 9.17) is 4.74 Å². The molecule has 0 bridgehead atoms. The molecule has 0 aliphatic rings. The zero-order chi connectivity index (χ0) is 6.69. The lowest BCUT2D eigenvalue weighted by molar-refractivity contribution is 0.243. The van der Waals surface area contributed by atoms with Gasteiger partial charge in [0.15, 0.2) is 0 Å². The highest BCUT2D eigenvalue weighted by atomic mass is 32.1. The van der Waals surface area contributed by atoms with Gasteiger partial charge in [0.25, 0.3) is 0 Å². The fourth-order valence-electron chi connectivity index (χ4n) is 0.539. The molecule has 0 saturated carbocycles. The van der Waals surface area contributed by atoms with Crippen LogP contribution in [0, 0.1) is 5.38 Å². The van der Waals surface area contributed by atoms with Gasteiger partial charge < -0.3 is 4.74 Å². The first-order valence-electron chi connectivity index (χ1n) is 2.91. The van der Waals surface area contributed by atoms with Gasteiger partial charge in [-0.1, -0.05) is 0 Å². The second-order valence-corrected chi connectivity index (χ2v) is 2.77. The molecular weight excluding hydrogens is 132 g/mol. The summed E-state index contributed by atoms with van der Waals surface area (Å²) in [5.74, 6) is 0.856. The molecule has 0 amide bonds. The van der Waals surface area contributed by atoms with Gasteiger partial charge >= 0.3 is 0 Å². The molecule has 1 rings (SSSR count). The smallest absolute Gasteiger partial charge is 0.139 e. The van der Waals surface area contributed by atoms with Crippen molar-refractivity contribution in [2.75, 3.05) is 0 Å². The van der Waals surface area contributed by atoms with Gasteiger partial charge in [-0.2, -0.15) is 0 Å². The van der Waals surface area contributed by atoms with E-state index in [2.05, 4.69) is 5.38 Å². The van der Waals surface area contributed by atoms with E-state index in [1.54, 1.807) is 0 Å². The molecule has 0 N–H and O–H groups in total. The third-order valence-corrected chi connectivity index (χ3v) is 1.40. The first kappa shape index (κ1) is 6.62. The van der Waals surface area contributed by atoms with Crippen LogP contribution in [0.3, 0.4) is 0 Å². The summed E-state index contributed by atoms with van der Waals surface area (Å²) in [6.07, 6.45) is 0.260. The quantitative estimate of drug-likeness (QED) is 0.614. The van der Waals surface area contributed by atoms with Crippen molar-refractivity contribution in [3.05, 3.63) is 16.8 Å². The van der Waals surface area contributed by atoms with Gasteiger partial charge in [0.1, 0.15) is 5.75 Å². The summed E-state index contributed by atoms with van der Waals surface area (Å²) in [5, 5.41) is 4.94. The fourth-order valence-corrected chi connectivity index (χ4v) is 1.03. The van der Waals surface area contributed by atoms with Crippen molar-refractivity contribution < 1.29 is 4.74 Å². The highest BCUT2D eigenvalue weighted by molar-refractivity contribution is 7.07. The lowest BCUT2D eigenvalue weighted by atomic mass is 10.5.